The molecule has 16 heavy (non-hydrogen) atoms. The minimum Gasteiger partial charge on any atom is -0.478 e. The molecule has 0 bridgehead atoms. The highest BCUT2D eigenvalue weighted by atomic mass is 35.5. The van der Waals surface area contributed by atoms with Crippen LogP contribution in [0.2, 0.25) is 0 Å². The van der Waals surface area contributed by atoms with Gasteiger partial charge < -0.3 is 14.8 Å². The molecule has 2 heterocycles. The summed E-state index contributed by atoms with van der Waals surface area (Å²) in [6.45, 7) is 2.04. The van der Waals surface area contributed by atoms with Crippen LogP contribution in [0.4, 0.5) is 0 Å². The van der Waals surface area contributed by atoms with Gasteiger partial charge >= 0.3 is 5.97 Å². The molecular formula is C11H16ClNO3. The van der Waals surface area contributed by atoms with Gasteiger partial charge in [-0.3, -0.25) is 0 Å². The minimum absolute atomic E-state index is 0. The maximum atomic E-state index is 10.9. The fraction of sp³-hybridized carbons (Fsp3) is 0.545. The van der Waals surface area contributed by atoms with Crippen molar-refractivity contribution in [1.82, 2.24) is 5.32 Å². The molecule has 0 aromatic carbocycles. The number of aromatic carboxylic acids is 1. The van der Waals surface area contributed by atoms with Crippen LogP contribution >= 0.6 is 12.4 Å². The van der Waals surface area contributed by atoms with Gasteiger partial charge in [0.15, 0.2) is 0 Å². The standard InChI is InChI=1S/C11H15NO3.ClH/c13-11(14)9-3-6-15-10(9)7-8-1-4-12-5-2-8;/h3,6,8,12H,1-2,4-5,7H2,(H,13,14);1H. The Morgan fingerprint density at radius 3 is 2.81 bits per heavy atom. The van der Waals surface area contributed by atoms with E-state index in [1.54, 1.807) is 0 Å². The van der Waals surface area contributed by atoms with Gasteiger partial charge in [0.25, 0.3) is 0 Å². The molecule has 0 aliphatic carbocycles. The van der Waals surface area contributed by atoms with Gasteiger partial charge in [0, 0.05) is 6.42 Å². The lowest BCUT2D eigenvalue weighted by atomic mass is 9.92. The maximum Gasteiger partial charge on any atom is 0.339 e. The van der Waals surface area contributed by atoms with Crippen molar-refractivity contribution in [1.29, 1.82) is 0 Å². The van der Waals surface area contributed by atoms with Gasteiger partial charge in [-0.25, -0.2) is 4.79 Å². The van der Waals surface area contributed by atoms with E-state index in [0.29, 0.717) is 17.2 Å². The first-order valence-electron chi connectivity index (χ1n) is 5.27. The lowest BCUT2D eigenvalue weighted by Gasteiger charge is -2.21. The summed E-state index contributed by atoms with van der Waals surface area (Å²) < 4.78 is 5.23. The average Bonchev–Trinajstić information content (AvgIpc) is 2.67. The molecular weight excluding hydrogens is 230 g/mol. The third-order valence-corrected chi connectivity index (χ3v) is 2.91. The summed E-state index contributed by atoms with van der Waals surface area (Å²) in [6, 6.07) is 1.53. The van der Waals surface area contributed by atoms with Gasteiger partial charge in [-0.1, -0.05) is 0 Å². The smallest absolute Gasteiger partial charge is 0.339 e. The van der Waals surface area contributed by atoms with Crippen LogP contribution in [0.25, 0.3) is 0 Å². The molecule has 0 unspecified atom stereocenters. The first-order valence-corrected chi connectivity index (χ1v) is 5.27. The van der Waals surface area contributed by atoms with Gasteiger partial charge in [-0.2, -0.15) is 0 Å². The lowest BCUT2D eigenvalue weighted by Crippen LogP contribution is -2.28. The Bertz CT molecular complexity index is 345. The number of piperidine rings is 1. The second-order valence-electron chi connectivity index (χ2n) is 3.96. The number of carboxylic acid groups (broad SMARTS) is 1. The molecule has 0 atom stereocenters. The van der Waals surface area contributed by atoms with Crippen molar-refractivity contribution < 1.29 is 14.3 Å². The maximum absolute atomic E-state index is 10.9. The first kappa shape index (κ1) is 13.1. The Hall–Kier alpha value is -1.00. The molecule has 2 rings (SSSR count). The summed E-state index contributed by atoms with van der Waals surface area (Å²) in [5.41, 5.74) is 0.313. The van der Waals surface area contributed by atoms with Crippen LogP contribution < -0.4 is 5.32 Å². The SMILES string of the molecule is Cl.O=C(O)c1ccoc1CC1CCNCC1. The van der Waals surface area contributed by atoms with Crippen molar-refractivity contribution in [2.75, 3.05) is 13.1 Å². The predicted molar refractivity (Wildman–Crippen MR) is 62.2 cm³/mol. The van der Waals surface area contributed by atoms with Crippen LogP contribution in [0.5, 0.6) is 0 Å². The number of carbonyl (C=O) groups is 1. The fourth-order valence-electron chi connectivity index (χ4n) is 2.04. The molecule has 1 aromatic rings. The van der Waals surface area contributed by atoms with Crippen LogP contribution in [0.1, 0.15) is 29.0 Å². The van der Waals surface area contributed by atoms with E-state index in [1.807, 2.05) is 0 Å². The van der Waals surface area contributed by atoms with Gasteiger partial charge in [-0.05, 0) is 37.9 Å². The Balaban J connectivity index is 0.00000128. The number of hydrogen-bond acceptors (Lipinski definition) is 3. The van der Waals surface area contributed by atoms with Crippen molar-refractivity contribution in [2.24, 2.45) is 5.92 Å². The number of carboxylic acids is 1. The molecule has 1 aliphatic heterocycles. The molecule has 2 N–H and O–H groups in total. The highest BCUT2D eigenvalue weighted by Crippen LogP contribution is 2.21. The molecule has 1 fully saturated rings. The first-order chi connectivity index (χ1) is 7.27. The van der Waals surface area contributed by atoms with Crippen LogP contribution in [-0.2, 0) is 6.42 Å². The Morgan fingerprint density at radius 2 is 2.19 bits per heavy atom. The van der Waals surface area contributed by atoms with Gasteiger partial charge in [0.1, 0.15) is 11.3 Å². The summed E-state index contributed by atoms with van der Waals surface area (Å²) in [5.74, 6) is 0.276. The van der Waals surface area contributed by atoms with Crippen LogP contribution in [0, 0.1) is 5.92 Å². The quantitative estimate of drug-likeness (QED) is 0.854. The normalized spacial score (nSPS) is 16.8. The molecule has 1 saturated heterocycles. The zero-order valence-corrected chi connectivity index (χ0v) is 9.76. The van der Waals surface area contributed by atoms with Gasteiger partial charge in [-0.15, -0.1) is 12.4 Å². The van der Waals surface area contributed by atoms with E-state index in [4.69, 9.17) is 9.52 Å². The summed E-state index contributed by atoms with van der Waals surface area (Å²) in [7, 11) is 0. The predicted octanol–water partition coefficient (Wildman–Crippen LogP) is 1.94. The Morgan fingerprint density at radius 1 is 1.50 bits per heavy atom. The number of furan rings is 1. The highest BCUT2D eigenvalue weighted by Gasteiger charge is 2.19. The molecule has 0 spiro atoms. The summed E-state index contributed by atoms with van der Waals surface area (Å²) in [4.78, 5) is 10.9. The van der Waals surface area contributed by atoms with Gasteiger partial charge in [0.2, 0.25) is 0 Å². The molecule has 5 heteroatoms. The summed E-state index contributed by atoms with van der Waals surface area (Å²) >= 11 is 0. The monoisotopic (exact) mass is 245 g/mol. The van der Waals surface area contributed by atoms with E-state index in [-0.39, 0.29) is 12.4 Å². The summed E-state index contributed by atoms with van der Waals surface area (Å²) in [5, 5.41) is 12.2. The van der Waals surface area contributed by atoms with Gasteiger partial charge in [0.05, 0.1) is 6.26 Å². The van der Waals surface area contributed by atoms with E-state index in [0.717, 1.165) is 32.4 Å². The van der Waals surface area contributed by atoms with Crippen LogP contribution in [0.15, 0.2) is 16.7 Å². The molecule has 1 aromatic heterocycles. The van der Waals surface area contributed by atoms with Crippen LogP contribution in [-0.4, -0.2) is 24.2 Å². The molecule has 0 radical (unpaired) electrons. The lowest BCUT2D eigenvalue weighted by molar-refractivity contribution is 0.0694. The largest absolute Gasteiger partial charge is 0.478 e. The minimum atomic E-state index is -0.896. The second kappa shape index (κ2) is 5.92. The number of nitrogens with one attached hydrogen (secondary N) is 1. The fourth-order valence-corrected chi connectivity index (χ4v) is 2.04. The average molecular weight is 246 g/mol. The molecule has 0 amide bonds. The highest BCUT2D eigenvalue weighted by molar-refractivity contribution is 5.88. The third-order valence-electron chi connectivity index (χ3n) is 2.91. The van der Waals surface area contributed by atoms with Crippen molar-refractivity contribution >= 4 is 18.4 Å². The summed E-state index contributed by atoms with van der Waals surface area (Å²) in [6.07, 6.45) is 4.40. The molecule has 4 nitrogen and oxygen atoms in total. The van der Waals surface area contributed by atoms with Crippen molar-refractivity contribution in [2.45, 2.75) is 19.3 Å². The van der Waals surface area contributed by atoms with E-state index >= 15 is 0 Å². The zero-order chi connectivity index (χ0) is 10.7. The third kappa shape index (κ3) is 3.00. The Labute approximate surface area is 100 Å². The molecule has 0 saturated carbocycles. The topological polar surface area (TPSA) is 62.5 Å². The number of hydrogen-bond donors (Lipinski definition) is 2. The van der Waals surface area contributed by atoms with E-state index < -0.39 is 5.97 Å². The van der Waals surface area contributed by atoms with Crippen molar-refractivity contribution in [3.8, 4) is 0 Å². The van der Waals surface area contributed by atoms with Crippen LogP contribution in [0.3, 0.4) is 0 Å². The van der Waals surface area contributed by atoms with E-state index in [1.165, 1.54) is 12.3 Å². The molecule has 90 valence electrons. The van der Waals surface area contributed by atoms with Crippen molar-refractivity contribution in [3.05, 3.63) is 23.7 Å². The zero-order valence-electron chi connectivity index (χ0n) is 8.94. The Kier molecular flexibility index (Phi) is 4.83. The van der Waals surface area contributed by atoms with E-state index in [9.17, 15) is 4.79 Å². The number of rotatable bonds is 3. The van der Waals surface area contributed by atoms with Crippen molar-refractivity contribution in [3.63, 3.8) is 0 Å². The second-order valence-corrected chi connectivity index (χ2v) is 3.96. The van der Waals surface area contributed by atoms with E-state index in [2.05, 4.69) is 5.32 Å². The molecule has 1 aliphatic rings. The number of halogens is 1.